The average Bonchev–Trinajstić information content (AvgIpc) is 2.56. The monoisotopic (exact) mass is 337 g/mol. The highest BCUT2D eigenvalue weighted by Gasteiger charge is 2.05. The summed E-state index contributed by atoms with van der Waals surface area (Å²) in [6.45, 7) is 2.64. The van der Waals surface area contributed by atoms with Gasteiger partial charge in [0.05, 0.1) is 7.11 Å². The standard InChI is InChI=1S/C16H23N3O3S/c1-12-7-9-13(10-8-12)15(21)18-19-16(23)17-11-5-3-4-6-14(20)22-2/h7-10H,3-6,11H2,1-2H3,(H,18,21)(H2,17,19,23). The minimum Gasteiger partial charge on any atom is -0.469 e. The zero-order valence-electron chi connectivity index (χ0n) is 13.5. The molecular weight excluding hydrogens is 314 g/mol. The van der Waals surface area contributed by atoms with E-state index in [0.29, 0.717) is 23.6 Å². The van der Waals surface area contributed by atoms with Crippen LogP contribution in [0.25, 0.3) is 0 Å². The lowest BCUT2D eigenvalue weighted by Crippen LogP contribution is -2.46. The predicted octanol–water partition coefficient (Wildman–Crippen LogP) is 1.84. The van der Waals surface area contributed by atoms with E-state index in [0.717, 1.165) is 24.8 Å². The average molecular weight is 337 g/mol. The van der Waals surface area contributed by atoms with Crippen LogP contribution in [0.1, 0.15) is 41.6 Å². The van der Waals surface area contributed by atoms with E-state index in [1.165, 1.54) is 7.11 Å². The van der Waals surface area contributed by atoms with Crippen molar-refractivity contribution >= 4 is 29.2 Å². The number of carbonyl (C=O) groups is 2. The Kier molecular flexibility index (Phi) is 8.67. The maximum Gasteiger partial charge on any atom is 0.305 e. The molecule has 23 heavy (non-hydrogen) atoms. The molecule has 6 nitrogen and oxygen atoms in total. The zero-order valence-corrected chi connectivity index (χ0v) is 14.3. The molecule has 1 amide bonds. The molecule has 0 atom stereocenters. The highest BCUT2D eigenvalue weighted by atomic mass is 32.1. The summed E-state index contributed by atoms with van der Waals surface area (Å²) in [6.07, 6.45) is 3.01. The van der Waals surface area contributed by atoms with Gasteiger partial charge in [0, 0.05) is 18.5 Å². The van der Waals surface area contributed by atoms with Gasteiger partial charge < -0.3 is 10.1 Å². The van der Waals surface area contributed by atoms with Crippen molar-refractivity contribution < 1.29 is 14.3 Å². The van der Waals surface area contributed by atoms with Crippen molar-refractivity contribution in [3.63, 3.8) is 0 Å². The Labute approximate surface area is 141 Å². The first-order valence-electron chi connectivity index (χ1n) is 7.50. The van der Waals surface area contributed by atoms with Crippen LogP contribution in [-0.2, 0) is 9.53 Å². The van der Waals surface area contributed by atoms with Gasteiger partial charge in [-0.2, -0.15) is 0 Å². The predicted molar refractivity (Wildman–Crippen MR) is 92.9 cm³/mol. The van der Waals surface area contributed by atoms with Gasteiger partial charge in [0.15, 0.2) is 5.11 Å². The first-order chi connectivity index (χ1) is 11.0. The first-order valence-corrected chi connectivity index (χ1v) is 7.91. The van der Waals surface area contributed by atoms with Gasteiger partial charge >= 0.3 is 5.97 Å². The summed E-state index contributed by atoms with van der Waals surface area (Å²) in [5.74, 6) is -0.429. The van der Waals surface area contributed by atoms with Crippen LogP contribution in [0.3, 0.4) is 0 Å². The quantitative estimate of drug-likeness (QED) is 0.305. The fraction of sp³-hybridized carbons (Fsp3) is 0.438. The number of unbranched alkanes of at least 4 members (excludes halogenated alkanes) is 2. The minimum atomic E-state index is -0.243. The Hall–Kier alpha value is -2.15. The first kappa shape index (κ1) is 18.9. The number of rotatable bonds is 7. The molecule has 0 aliphatic heterocycles. The number of methoxy groups -OCH3 is 1. The maximum absolute atomic E-state index is 11.9. The van der Waals surface area contributed by atoms with E-state index < -0.39 is 0 Å². The molecule has 3 N–H and O–H groups in total. The molecule has 0 aliphatic rings. The summed E-state index contributed by atoms with van der Waals surface area (Å²) in [5.41, 5.74) is 6.86. The van der Waals surface area contributed by atoms with E-state index in [4.69, 9.17) is 12.2 Å². The molecule has 0 spiro atoms. The highest BCUT2D eigenvalue weighted by Crippen LogP contribution is 2.02. The number of thiocarbonyl (C=S) groups is 1. The molecular formula is C16H23N3O3S. The summed E-state index contributed by atoms with van der Waals surface area (Å²) >= 11 is 5.07. The third-order valence-corrected chi connectivity index (χ3v) is 3.42. The normalized spacial score (nSPS) is 9.83. The summed E-state index contributed by atoms with van der Waals surface area (Å²) in [6, 6.07) is 7.26. The topological polar surface area (TPSA) is 79.5 Å². The lowest BCUT2D eigenvalue weighted by molar-refractivity contribution is -0.140. The highest BCUT2D eigenvalue weighted by molar-refractivity contribution is 7.80. The summed E-state index contributed by atoms with van der Waals surface area (Å²) in [7, 11) is 1.39. The second-order valence-corrected chi connectivity index (χ2v) is 5.50. The Bertz CT molecular complexity index is 532. The smallest absolute Gasteiger partial charge is 0.305 e. The van der Waals surface area contributed by atoms with Crippen molar-refractivity contribution in [2.24, 2.45) is 0 Å². The van der Waals surface area contributed by atoms with E-state index >= 15 is 0 Å². The number of ether oxygens (including phenoxy) is 1. The van der Waals surface area contributed by atoms with Crippen LogP contribution < -0.4 is 16.2 Å². The molecule has 0 saturated carbocycles. The number of nitrogens with one attached hydrogen (secondary N) is 3. The number of hydrazine groups is 1. The van der Waals surface area contributed by atoms with E-state index in [1.54, 1.807) is 12.1 Å². The van der Waals surface area contributed by atoms with Crippen LogP contribution in [-0.4, -0.2) is 30.6 Å². The number of aryl methyl sites for hydroxylation is 1. The largest absolute Gasteiger partial charge is 0.469 e. The van der Waals surface area contributed by atoms with Crippen molar-refractivity contribution in [1.29, 1.82) is 0 Å². The van der Waals surface area contributed by atoms with Gasteiger partial charge in [0.25, 0.3) is 5.91 Å². The molecule has 0 radical (unpaired) electrons. The number of hydrogen-bond acceptors (Lipinski definition) is 4. The van der Waals surface area contributed by atoms with Crippen LogP contribution in [0.15, 0.2) is 24.3 Å². The lowest BCUT2D eigenvalue weighted by Gasteiger charge is -2.11. The van der Waals surface area contributed by atoms with Crippen LogP contribution in [0.5, 0.6) is 0 Å². The second-order valence-electron chi connectivity index (χ2n) is 5.09. The van der Waals surface area contributed by atoms with E-state index in [1.807, 2.05) is 19.1 Å². The van der Waals surface area contributed by atoms with Gasteiger partial charge in [-0.05, 0) is 44.1 Å². The fourth-order valence-electron chi connectivity index (χ4n) is 1.81. The van der Waals surface area contributed by atoms with Crippen LogP contribution in [0.2, 0.25) is 0 Å². The third-order valence-electron chi connectivity index (χ3n) is 3.17. The van der Waals surface area contributed by atoms with Crippen LogP contribution in [0.4, 0.5) is 0 Å². The van der Waals surface area contributed by atoms with Gasteiger partial charge in [-0.1, -0.05) is 24.1 Å². The number of amides is 1. The van der Waals surface area contributed by atoms with Gasteiger partial charge in [0.2, 0.25) is 0 Å². The second kappa shape index (κ2) is 10.6. The Balaban J connectivity index is 2.11. The van der Waals surface area contributed by atoms with Crippen LogP contribution in [0, 0.1) is 6.92 Å². The molecule has 0 saturated heterocycles. The number of esters is 1. The minimum absolute atomic E-state index is 0.186. The van der Waals surface area contributed by atoms with Gasteiger partial charge in [-0.3, -0.25) is 20.4 Å². The number of hydrogen-bond donors (Lipinski definition) is 3. The van der Waals surface area contributed by atoms with Crippen molar-refractivity contribution in [3.05, 3.63) is 35.4 Å². The molecule has 0 aliphatic carbocycles. The van der Waals surface area contributed by atoms with Crippen molar-refractivity contribution in [1.82, 2.24) is 16.2 Å². The Morgan fingerprint density at radius 1 is 1.09 bits per heavy atom. The molecule has 1 aromatic rings. The fourth-order valence-corrected chi connectivity index (χ4v) is 1.96. The van der Waals surface area contributed by atoms with Crippen molar-refractivity contribution in [3.8, 4) is 0 Å². The molecule has 7 heteroatoms. The van der Waals surface area contributed by atoms with E-state index in [9.17, 15) is 9.59 Å². The molecule has 0 unspecified atom stereocenters. The summed E-state index contributed by atoms with van der Waals surface area (Å²) in [5, 5.41) is 3.35. The van der Waals surface area contributed by atoms with E-state index in [-0.39, 0.29) is 11.9 Å². The number of carbonyl (C=O) groups excluding carboxylic acids is 2. The van der Waals surface area contributed by atoms with Gasteiger partial charge in [0.1, 0.15) is 0 Å². The lowest BCUT2D eigenvalue weighted by atomic mass is 10.1. The molecule has 126 valence electrons. The zero-order chi connectivity index (χ0) is 17.1. The van der Waals surface area contributed by atoms with Gasteiger partial charge in [-0.15, -0.1) is 0 Å². The molecule has 0 heterocycles. The molecule has 1 rings (SSSR count). The van der Waals surface area contributed by atoms with Crippen LogP contribution >= 0.6 is 12.2 Å². The summed E-state index contributed by atoms with van der Waals surface area (Å²) in [4.78, 5) is 22.8. The Morgan fingerprint density at radius 3 is 2.43 bits per heavy atom. The molecule has 0 bridgehead atoms. The maximum atomic E-state index is 11.9. The third kappa shape index (κ3) is 8.15. The molecule has 0 aromatic heterocycles. The number of benzene rings is 1. The van der Waals surface area contributed by atoms with Gasteiger partial charge in [-0.25, -0.2) is 0 Å². The Morgan fingerprint density at radius 2 is 1.78 bits per heavy atom. The summed E-state index contributed by atoms with van der Waals surface area (Å²) < 4.78 is 4.57. The van der Waals surface area contributed by atoms with Crippen molar-refractivity contribution in [2.45, 2.75) is 32.6 Å². The SMILES string of the molecule is COC(=O)CCCCCNC(=S)NNC(=O)c1ccc(C)cc1. The molecule has 1 aromatic carbocycles. The molecule has 0 fully saturated rings. The van der Waals surface area contributed by atoms with E-state index in [2.05, 4.69) is 20.9 Å². The van der Waals surface area contributed by atoms with Crippen molar-refractivity contribution in [2.75, 3.05) is 13.7 Å².